The minimum absolute atomic E-state index is 0.0181. The van der Waals surface area contributed by atoms with Crippen molar-refractivity contribution in [2.24, 2.45) is 0 Å². The van der Waals surface area contributed by atoms with Crippen molar-refractivity contribution in [3.63, 3.8) is 0 Å². The van der Waals surface area contributed by atoms with E-state index in [1.165, 1.54) is 7.11 Å². The number of nitrogens with one attached hydrogen (secondary N) is 1. The van der Waals surface area contributed by atoms with Crippen molar-refractivity contribution < 1.29 is 9.53 Å². The average Bonchev–Trinajstić information content (AvgIpc) is 3.15. The zero-order chi connectivity index (χ0) is 16.4. The van der Waals surface area contributed by atoms with Gasteiger partial charge in [-0.2, -0.15) is 0 Å². The Hall–Kier alpha value is -2.28. The van der Waals surface area contributed by atoms with Gasteiger partial charge in [0.05, 0.1) is 6.04 Å². The Morgan fingerprint density at radius 2 is 2.26 bits per heavy atom. The maximum Gasteiger partial charge on any atom is 0.249 e. The number of carbonyl (C=O) groups excluding carboxylic acids is 1. The highest BCUT2D eigenvalue weighted by Gasteiger charge is 2.32. The quantitative estimate of drug-likeness (QED) is 0.930. The van der Waals surface area contributed by atoms with Crippen LogP contribution in [0.5, 0.6) is 0 Å². The van der Waals surface area contributed by atoms with E-state index in [1.54, 1.807) is 6.20 Å². The van der Waals surface area contributed by atoms with E-state index in [-0.39, 0.29) is 18.6 Å². The second-order valence-corrected chi connectivity index (χ2v) is 5.85. The Balaban J connectivity index is 1.93. The lowest BCUT2D eigenvalue weighted by molar-refractivity contribution is -0.136. The Morgan fingerprint density at radius 3 is 2.96 bits per heavy atom. The van der Waals surface area contributed by atoms with Gasteiger partial charge in [-0.1, -0.05) is 0 Å². The molecule has 122 valence electrons. The van der Waals surface area contributed by atoms with Gasteiger partial charge in [-0.15, -0.1) is 0 Å². The fourth-order valence-electron chi connectivity index (χ4n) is 2.94. The summed E-state index contributed by atoms with van der Waals surface area (Å²) in [6.07, 6.45) is 3.60. The first-order chi connectivity index (χ1) is 11.1. The molecule has 2 aromatic rings. The number of aromatic amines is 1. The van der Waals surface area contributed by atoms with E-state index in [4.69, 9.17) is 4.74 Å². The Kier molecular flexibility index (Phi) is 4.38. The number of hydrogen-bond donors (Lipinski definition) is 1. The van der Waals surface area contributed by atoms with Crippen LogP contribution in [0, 0.1) is 13.8 Å². The number of nitrogens with zero attached hydrogens (tertiary/aromatic N) is 4. The summed E-state index contributed by atoms with van der Waals surface area (Å²) in [5.41, 5.74) is 2.60. The number of H-pyrrole nitrogens is 1. The Morgan fingerprint density at radius 1 is 1.43 bits per heavy atom. The van der Waals surface area contributed by atoms with E-state index in [2.05, 4.69) is 19.9 Å². The predicted octanol–water partition coefficient (Wildman–Crippen LogP) is 1.79. The van der Waals surface area contributed by atoms with Gasteiger partial charge in [-0.3, -0.25) is 4.79 Å². The summed E-state index contributed by atoms with van der Waals surface area (Å²) in [5, 5.41) is 0. The molecule has 1 N–H and O–H groups in total. The van der Waals surface area contributed by atoms with Crippen LogP contribution in [0.3, 0.4) is 0 Å². The standard InChI is InChI=1S/C16H21N5O2/c1-10-7-12(15-17-8-11(2)19-15)20-16(18-10)13-5-4-6-21(13)14(22)9-23-3/h7-8,13H,4-6,9H2,1-3H3,(H,17,19)/t13-/m1/s1. The highest BCUT2D eigenvalue weighted by Crippen LogP contribution is 2.31. The average molecular weight is 315 g/mol. The lowest BCUT2D eigenvalue weighted by Gasteiger charge is -2.23. The van der Waals surface area contributed by atoms with Crippen molar-refractivity contribution in [1.82, 2.24) is 24.8 Å². The molecule has 1 saturated heterocycles. The summed E-state index contributed by atoms with van der Waals surface area (Å²) in [6.45, 7) is 4.69. The van der Waals surface area contributed by atoms with E-state index < -0.39 is 0 Å². The maximum atomic E-state index is 12.2. The van der Waals surface area contributed by atoms with Gasteiger partial charge in [0.25, 0.3) is 0 Å². The molecule has 7 nitrogen and oxygen atoms in total. The van der Waals surface area contributed by atoms with Crippen LogP contribution < -0.4 is 0 Å². The van der Waals surface area contributed by atoms with Gasteiger partial charge in [0.1, 0.15) is 12.3 Å². The molecule has 0 radical (unpaired) electrons. The molecule has 7 heteroatoms. The van der Waals surface area contributed by atoms with Crippen LogP contribution in [0.15, 0.2) is 12.3 Å². The smallest absolute Gasteiger partial charge is 0.249 e. The Bertz CT molecular complexity index is 712. The van der Waals surface area contributed by atoms with Crippen LogP contribution >= 0.6 is 0 Å². The second kappa shape index (κ2) is 6.45. The van der Waals surface area contributed by atoms with Crippen LogP contribution in [0.1, 0.15) is 36.1 Å². The molecule has 1 atom stereocenters. The van der Waals surface area contributed by atoms with Crippen LogP contribution in [0.4, 0.5) is 0 Å². The van der Waals surface area contributed by atoms with Crippen molar-refractivity contribution in [3.05, 3.63) is 29.5 Å². The zero-order valence-corrected chi connectivity index (χ0v) is 13.7. The van der Waals surface area contributed by atoms with Crippen molar-refractivity contribution in [3.8, 4) is 11.5 Å². The highest BCUT2D eigenvalue weighted by molar-refractivity contribution is 5.78. The number of carbonyl (C=O) groups is 1. The van der Waals surface area contributed by atoms with Crippen molar-refractivity contribution in [1.29, 1.82) is 0 Å². The molecule has 0 aliphatic carbocycles. The summed E-state index contributed by atoms with van der Waals surface area (Å²) in [6, 6.07) is 1.81. The first-order valence-corrected chi connectivity index (χ1v) is 7.74. The van der Waals surface area contributed by atoms with Gasteiger partial charge in [0.15, 0.2) is 11.6 Å². The number of methoxy groups -OCH3 is 1. The van der Waals surface area contributed by atoms with Crippen LogP contribution in [-0.2, 0) is 9.53 Å². The maximum absolute atomic E-state index is 12.2. The SMILES string of the molecule is COCC(=O)N1CCC[C@@H]1c1nc(C)cc(-c2ncc(C)[nH]2)n1. The monoisotopic (exact) mass is 315 g/mol. The summed E-state index contributed by atoms with van der Waals surface area (Å²) < 4.78 is 4.97. The third kappa shape index (κ3) is 3.24. The van der Waals surface area contributed by atoms with Crippen molar-refractivity contribution in [2.75, 3.05) is 20.3 Å². The predicted molar refractivity (Wildman–Crippen MR) is 84.7 cm³/mol. The van der Waals surface area contributed by atoms with E-state index >= 15 is 0 Å². The number of aromatic nitrogens is 4. The molecular weight excluding hydrogens is 294 g/mol. The van der Waals surface area contributed by atoms with E-state index in [0.717, 1.165) is 42.3 Å². The first-order valence-electron chi connectivity index (χ1n) is 7.74. The molecule has 1 fully saturated rings. The molecule has 1 aliphatic rings. The third-order valence-corrected chi connectivity index (χ3v) is 3.96. The highest BCUT2D eigenvalue weighted by atomic mass is 16.5. The second-order valence-electron chi connectivity index (χ2n) is 5.85. The third-order valence-electron chi connectivity index (χ3n) is 3.96. The number of imidazole rings is 1. The van der Waals surface area contributed by atoms with Gasteiger partial charge in [0, 0.05) is 31.2 Å². The summed E-state index contributed by atoms with van der Waals surface area (Å²) in [7, 11) is 1.53. The van der Waals surface area contributed by atoms with Gasteiger partial charge in [-0.05, 0) is 32.8 Å². The summed E-state index contributed by atoms with van der Waals surface area (Å²) in [4.78, 5) is 30.7. The lowest BCUT2D eigenvalue weighted by atomic mass is 10.2. The number of ether oxygens (including phenoxy) is 1. The number of amides is 1. The normalized spacial score (nSPS) is 17.7. The molecule has 0 saturated carbocycles. The number of aryl methyl sites for hydroxylation is 2. The van der Waals surface area contributed by atoms with Gasteiger partial charge in [-0.25, -0.2) is 15.0 Å². The molecule has 3 rings (SSSR count). The molecule has 2 aromatic heterocycles. The summed E-state index contributed by atoms with van der Waals surface area (Å²) >= 11 is 0. The number of likely N-dealkylation sites (tertiary alicyclic amines) is 1. The molecule has 0 bridgehead atoms. The van der Waals surface area contributed by atoms with Crippen molar-refractivity contribution >= 4 is 5.91 Å². The van der Waals surface area contributed by atoms with Crippen molar-refractivity contribution in [2.45, 2.75) is 32.7 Å². The fraction of sp³-hybridized carbons (Fsp3) is 0.500. The lowest BCUT2D eigenvalue weighted by Crippen LogP contribution is -2.34. The number of hydrogen-bond acceptors (Lipinski definition) is 5. The largest absolute Gasteiger partial charge is 0.375 e. The fourth-order valence-corrected chi connectivity index (χ4v) is 2.94. The van der Waals surface area contributed by atoms with Crippen LogP contribution in [0.2, 0.25) is 0 Å². The molecule has 3 heterocycles. The Labute approximate surface area is 135 Å². The minimum atomic E-state index is -0.0904. The molecule has 0 unspecified atom stereocenters. The van der Waals surface area contributed by atoms with Crippen LogP contribution in [-0.4, -0.2) is 51.0 Å². The van der Waals surface area contributed by atoms with E-state index in [1.807, 2.05) is 24.8 Å². The molecule has 0 aromatic carbocycles. The minimum Gasteiger partial charge on any atom is -0.375 e. The van der Waals surface area contributed by atoms with Gasteiger partial charge < -0.3 is 14.6 Å². The first kappa shape index (κ1) is 15.6. The molecule has 1 aliphatic heterocycles. The van der Waals surface area contributed by atoms with Gasteiger partial charge in [0.2, 0.25) is 5.91 Å². The number of rotatable bonds is 4. The molecule has 0 spiro atoms. The molecular formula is C16H21N5O2. The van der Waals surface area contributed by atoms with E-state index in [9.17, 15) is 4.79 Å². The topological polar surface area (TPSA) is 84.0 Å². The molecule has 23 heavy (non-hydrogen) atoms. The zero-order valence-electron chi connectivity index (χ0n) is 13.7. The molecule has 1 amide bonds. The van der Waals surface area contributed by atoms with Crippen LogP contribution in [0.25, 0.3) is 11.5 Å². The van der Waals surface area contributed by atoms with E-state index in [0.29, 0.717) is 5.82 Å². The van der Waals surface area contributed by atoms with Gasteiger partial charge >= 0.3 is 0 Å². The summed E-state index contributed by atoms with van der Waals surface area (Å²) in [5.74, 6) is 1.38.